The van der Waals surface area contributed by atoms with Crippen molar-refractivity contribution in [2.24, 2.45) is 22.9 Å². The van der Waals surface area contributed by atoms with Crippen molar-refractivity contribution in [3.05, 3.63) is 0 Å². The number of nitrogens with two attached hydrogens (primary N) is 4. The number of hydrogen-bond acceptors (Lipinski definition) is 6. The average molecular weight is 357 g/mol. The van der Waals surface area contributed by atoms with Crippen molar-refractivity contribution < 1.29 is 19.8 Å². The summed E-state index contributed by atoms with van der Waals surface area (Å²) in [5.41, 5.74) is 20.6. The molecule has 0 aliphatic rings. The summed E-state index contributed by atoms with van der Waals surface area (Å²) < 4.78 is 0. The van der Waals surface area contributed by atoms with Crippen molar-refractivity contribution in [2.75, 3.05) is 13.1 Å². The van der Waals surface area contributed by atoms with Gasteiger partial charge in [0.05, 0.1) is 0 Å². The second kappa shape index (κ2) is 16.7. The lowest BCUT2D eigenvalue weighted by atomic mass is 10.1. The summed E-state index contributed by atoms with van der Waals surface area (Å²) in [5.74, 6) is -2.05. The molecule has 138 valence electrons. The predicted octanol–water partition coefficient (Wildman–Crippen LogP) is -1.39. The maximum Gasteiger partial charge on any atom is 0.320 e. The Morgan fingerprint density at radius 1 is 1.00 bits per heavy atom. The first-order chi connectivity index (χ1) is 10.2. The molecule has 0 fully saturated rings. The van der Waals surface area contributed by atoms with Gasteiger partial charge in [-0.05, 0) is 32.2 Å². The van der Waals surface area contributed by atoms with Gasteiger partial charge < -0.3 is 38.5 Å². The summed E-state index contributed by atoms with van der Waals surface area (Å²) in [7, 11) is 0. The molecule has 0 radical (unpaired) electrons. The van der Waals surface area contributed by atoms with Crippen molar-refractivity contribution in [1.29, 1.82) is 5.41 Å². The number of guanidine groups is 1. The second-order valence-corrected chi connectivity index (χ2v) is 4.66. The van der Waals surface area contributed by atoms with Crippen LogP contribution in [0.25, 0.3) is 0 Å². The Kier molecular flexibility index (Phi) is 19.1. The van der Waals surface area contributed by atoms with Crippen LogP contribution < -0.4 is 28.3 Å². The minimum absolute atomic E-state index is 0. The molecule has 0 aliphatic heterocycles. The van der Waals surface area contributed by atoms with Crippen LogP contribution in [0.15, 0.2) is 0 Å². The average Bonchev–Trinajstić information content (AvgIpc) is 2.43. The van der Waals surface area contributed by atoms with Crippen molar-refractivity contribution in [1.82, 2.24) is 5.32 Å². The van der Waals surface area contributed by atoms with E-state index in [2.05, 4.69) is 5.32 Å². The molecule has 0 aromatic carbocycles. The molecule has 0 aromatic heterocycles. The fourth-order valence-electron chi connectivity index (χ4n) is 1.30. The van der Waals surface area contributed by atoms with Gasteiger partial charge in [0.1, 0.15) is 12.1 Å². The second-order valence-electron chi connectivity index (χ2n) is 4.66. The molecule has 0 bridgehead atoms. The minimum Gasteiger partial charge on any atom is -0.480 e. The molecule has 1 unspecified atom stereocenters. The summed E-state index contributed by atoms with van der Waals surface area (Å²) >= 11 is 0. The first kappa shape index (κ1) is 26.3. The smallest absolute Gasteiger partial charge is 0.320 e. The van der Waals surface area contributed by atoms with Crippen LogP contribution in [0, 0.1) is 5.41 Å². The maximum atomic E-state index is 10.2. The number of nitrogens with one attached hydrogen (secondary N) is 2. The van der Waals surface area contributed by atoms with E-state index >= 15 is 0 Å². The highest BCUT2D eigenvalue weighted by atomic mass is 35.5. The Hall–Kier alpha value is -1.62. The van der Waals surface area contributed by atoms with E-state index in [-0.39, 0.29) is 18.4 Å². The quantitative estimate of drug-likeness (QED) is 0.131. The largest absolute Gasteiger partial charge is 0.480 e. The van der Waals surface area contributed by atoms with Crippen LogP contribution >= 0.6 is 12.4 Å². The SMILES string of the molecule is Cl.N=C(N)NCCCC(N)C(=O)O.NCCCC[C@H](N)C(=O)O. The normalized spacial score (nSPS) is 12.0. The Balaban J connectivity index is -0.000000338. The van der Waals surface area contributed by atoms with Gasteiger partial charge in [0, 0.05) is 6.54 Å². The standard InChI is InChI=1S/C6H14N4O2.C6H14N2O2.ClH/c7-4(5(11)12)2-1-3-10-6(8)9;7-4-2-1-3-5(8)6(9)10;/h4H,1-3,7H2,(H,11,12)(H4,8,9,10);5H,1-4,7-8H2,(H,9,10);1H/t;5-;/m.0./s1. The van der Waals surface area contributed by atoms with E-state index in [0.717, 1.165) is 12.8 Å². The van der Waals surface area contributed by atoms with Gasteiger partial charge in [-0.3, -0.25) is 15.0 Å². The summed E-state index contributed by atoms with van der Waals surface area (Å²) in [6, 6.07) is -1.54. The van der Waals surface area contributed by atoms with Gasteiger partial charge in [-0.15, -0.1) is 12.4 Å². The van der Waals surface area contributed by atoms with E-state index in [1.54, 1.807) is 0 Å². The Morgan fingerprint density at radius 3 is 1.78 bits per heavy atom. The molecule has 0 heterocycles. The third-order valence-corrected chi connectivity index (χ3v) is 2.61. The lowest BCUT2D eigenvalue weighted by Gasteiger charge is -2.06. The van der Waals surface area contributed by atoms with Gasteiger partial charge in [0.15, 0.2) is 5.96 Å². The third kappa shape index (κ3) is 20.4. The monoisotopic (exact) mass is 356 g/mol. The van der Waals surface area contributed by atoms with E-state index < -0.39 is 24.0 Å². The first-order valence-electron chi connectivity index (χ1n) is 6.97. The molecular weight excluding hydrogens is 328 g/mol. The summed E-state index contributed by atoms with van der Waals surface area (Å²) in [6.45, 7) is 1.09. The molecule has 0 amide bonds. The number of halogens is 1. The molecule has 0 saturated carbocycles. The minimum atomic E-state index is -1.00. The number of unbranched alkanes of at least 4 members (excludes halogenated alkanes) is 1. The zero-order valence-electron chi connectivity index (χ0n) is 13.0. The molecule has 2 atom stereocenters. The molecule has 10 nitrogen and oxygen atoms in total. The Labute approximate surface area is 141 Å². The van der Waals surface area contributed by atoms with Crippen LogP contribution in [-0.2, 0) is 9.59 Å². The van der Waals surface area contributed by atoms with E-state index in [1.165, 1.54) is 0 Å². The Morgan fingerprint density at radius 2 is 1.43 bits per heavy atom. The van der Waals surface area contributed by atoms with Gasteiger partial charge in [0.2, 0.25) is 0 Å². The van der Waals surface area contributed by atoms with E-state index in [0.29, 0.717) is 32.4 Å². The molecule has 0 saturated heterocycles. The fourth-order valence-corrected chi connectivity index (χ4v) is 1.30. The van der Waals surface area contributed by atoms with Crippen LogP contribution in [0.1, 0.15) is 32.1 Å². The Bertz CT molecular complexity index is 346. The lowest BCUT2D eigenvalue weighted by Crippen LogP contribution is -2.34. The van der Waals surface area contributed by atoms with Gasteiger partial charge in [-0.2, -0.15) is 0 Å². The summed E-state index contributed by atoms with van der Waals surface area (Å²) in [5, 5.41) is 26.0. The van der Waals surface area contributed by atoms with E-state index in [1.807, 2.05) is 0 Å². The predicted molar refractivity (Wildman–Crippen MR) is 90.5 cm³/mol. The van der Waals surface area contributed by atoms with Crippen LogP contribution in [0.5, 0.6) is 0 Å². The van der Waals surface area contributed by atoms with Gasteiger partial charge >= 0.3 is 11.9 Å². The van der Waals surface area contributed by atoms with Gasteiger partial charge in [-0.1, -0.05) is 6.42 Å². The fraction of sp³-hybridized carbons (Fsp3) is 0.750. The third-order valence-electron chi connectivity index (χ3n) is 2.61. The summed E-state index contributed by atoms with van der Waals surface area (Å²) in [4.78, 5) is 20.4. The number of carboxylic acid groups (broad SMARTS) is 2. The molecule has 12 N–H and O–H groups in total. The molecule has 11 heteroatoms. The zero-order chi connectivity index (χ0) is 17.5. The number of carbonyl (C=O) groups is 2. The number of rotatable bonds is 10. The number of hydrogen-bond donors (Lipinski definition) is 8. The maximum absolute atomic E-state index is 10.2. The van der Waals surface area contributed by atoms with Crippen molar-refractivity contribution in [3.8, 4) is 0 Å². The molecule has 0 rings (SSSR count). The van der Waals surface area contributed by atoms with Crippen molar-refractivity contribution in [3.63, 3.8) is 0 Å². The first-order valence-corrected chi connectivity index (χ1v) is 6.97. The molecular formula is C12H29ClN6O4. The highest BCUT2D eigenvalue weighted by molar-refractivity contribution is 5.85. The van der Waals surface area contributed by atoms with E-state index in [9.17, 15) is 9.59 Å². The lowest BCUT2D eigenvalue weighted by molar-refractivity contribution is -0.139. The van der Waals surface area contributed by atoms with Crippen molar-refractivity contribution in [2.45, 2.75) is 44.2 Å². The highest BCUT2D eigenvalue weighted by Gasteiger charge is 2.10. The van der Waals surface area contributed by atoms with Crippen LogP contribution in [0.2, 0.25) is 0 Å². The van der Waals surface area contributed by atoms with Gasteiger partial charge in [0.25, 0.3) is 0 Å². The van der Waals surface area contributed by atoms with Gasteiger partial charge in [-0.25, -0.2) is 0 Å². The zero-order valence-corrected chi connectivity index (χ0v) is 13.8. The van der Waals surface area contributed by atoms with Crippen molar-refractivity contribution >= 4 is 30.3 Å². The van der Waals surface area contributed by atoms with Crippen LogP contribution in [0.3, 0.4) is 0 Å². The van der Waals surface area contributed by atoms with Crippen LogP contribution in [-0.4, -0.2) is 53.3 Å². The van der Waals surface area contributed by atoms with Crippen LogP contribution in [0.4, 0.5) is 0 Å². The molecule has 23 heavy (non-hydrogen) atoms. The number of carboxylic acids is 2. The topological polar surface area (TPSA) is 215 Å². The summed E-state index contributed by atoms with van der Waals surface area (Å²) in [6.07, 6.45) is 3.14. The molecule has 0 aromatic rings. The van der Waals surface area contributed by atoms with E-state index in [4.69, 9.17) is 38.6 Å². The highest BCUT2D eigenvalue weighted by Crippen LogP contribution is 1.97. The number of aliphatic carboxylic acids is 2. The molecule has 0 spiro atoms. The molecule has 0 aliphatic carbocycles.